The Kier molecular flexibility index (Phi) is 5.61. The molecule has 0 saturated heterocycles. The monoisotopic (exact) mass is 369 g/mol. The lowest BCUT2D eigenvalue weighted by molar-refractivity contribution is 0.102. The zero-order valence-corrected chi connectivity index (χ0v) is 14.5. The van der Waals surface area contributed by atoms with Crippen molar-refractivity contribution in [2.24, 2.45) is 0 Å². The van der Waals surface area contributed by atoms with Crippen molar-refractivity contribution < 1.29 is 18.3 Å². The average Bonchev–Trinajstić information content (AvgIpc) is 2.69. The van der Waals surface area contributed by atoms with Gasteiger partial charge in [0.1, 0.15) is 17.4 Å². The topological polar surface area (TPSA) is 63.2 Å². The van der Waals surface area contributed by atoms with Crippen molar-refractivity contribution in [3.63, 3.8) is 0 Å². The number of aromatic nitrogens is 1. The van der Waals surface area contributed by atoms with Gasteiger partial charge in [-0.05, 0) is 35.9 Å². The van der Waals surface area contributed by atoms with Crippen molar-refractivity contribution >= 4 is 17.3 Å². The lowest BCUT2D eigenvalue weighted by atomic mass is 10.2. The van der Waals surface area contributed by atoms with Crippen molar-refractivity contribution in [1.82, 2.24) is 4.98 Å². The van der Waals surface area contributed by atoms with Gasteiger partial charge in [0.15, 0.2) is 0 Å². The summed E-state index contributed by atoms with van der Waals surface area (Å²) in [6.45, 7) is 0.531. The molecular weight excluding hydrogens is 352 g/mol. The predicted molar refractivity (Wildman–Crippen MR) is 98.9 cm³/mol. The van der Waals surface area contributed by atoms with Crippen LogP contribution in [0.1, 0.15) is 15.9 Å². The Hall–Kier alpha value is -3.48. The first-order chi connectivity index (χ1) is 13.0. The summed E-state index contributed by atoms with van der Waals surface area (Å²) in [4.78, 5) is 16.3. The van der Waals surface area contributed by atoms with Crippen LogP contribution < -0.4 is 15.4 Å². The van der Waals surface area contributed by atoms with E-state index >= 15 is 0 Å². The minimum absolute atomic E-state index is 0.0991. The normalized spacial score (nSPS) is 10.3. The summed E-state index contributed by atoms with van der Waals surface area (Å²) >= 11 is 0. The molecule has 0 spiro atoms. The molecule has 0 aliphatic rings. The first kappa shape index (κ1) is 18.3. The van der Waals surface area contributed by atoms with E-state index in [0.29, 0.717) is 18.3 Å². The molecule has 5 nitrogen and oxygen atoms in total. The van der Waals surface area contributed by atoms with E-state index in [9.17, 15) is 13.6 Å². The van der Waals surface area contributed by atoms with E-state index < -0.39 is 17.5 Å². The third-order valence-electron chi connectivity index (χ3n) is 3.84. The average molecular weight is 369 g/mol. The molecule has 0 bridgehead atoms. The number of halogens is 2. The summed E-state index contributed by atoms with van der Waals surface area (Å²) in [6, 6.07) is 12.1. The minimum atomic E-state index is -0.843. The fourth-order valence-corrected chi connectivity index (χ4v) is 2.39. The molecule has 1 aromatic heterocycles. The third kappa shape index (κ3) is 4.78. The lowest BCUT2D eigenvalue weighted by Gasteiger charge is -2.10. The molecule has 2 N–H and O–H groups in total. The first-order valence-corrected chi connectivity index (χ1v) is 8.13. The van der Waals surface area contributed by atoms with E-state index in [1.54, 1.807) is 19.4 Å². The fraction of sp³-hybridized carbons (Fsp3) is 0.100. The van der Waals surface area contributed by atoms with Gasteiger partial charge in [0.25, 0.3) is 5.91 Å². The lowest BCUT2D eigenvalue weighted by Crippen LogP contribution is -2.14. The first-order valence-electron chi connectivity index (χ1n) is 8.13. The maximum Gasteiger partial charge on any atom is 0.257 e. The molecule has 0 atom stereocenters. The van der Waals surface area contributed by atoms with Crippen molar-refractivity contribution in [1.29, 1.82) is 0 Å². The van der Waals surface area contributed by atoms with E-state index in [-0.39, 0.29) is 11.3 Å². The molecule has 0 fully saturated rings. The Balaban J connectivity index is 1.66. The van der Waals surface area contributed by atoms with Gasteiger partial charge in [-0.2, -0.15) is 0 Å². The number of nitrogens with one attached hydrogen (secondary N) is 2. The highest BCUT2D eigenvalue weighted by Gasteiger charge is 2.11. The predicted octanol–water partition coefficient (Wildman–Crippen LogP) is 4.23. The molecule has 3 aromatic rings. The molecule has 27 heavy (non-hydrogen) atoms. The Morgan fingerprint density at radius 3 is 2.56 bits per heavy atom. The third-order valence-corrected chi connectivity index (χ3v) is 3.84. The molecule has 1 amide bonds. The standard InChI is InChI=1S/C20H17F2N3O2/c1-27-17-5-2-13(3-6-17)10-24-16-8-14(11-23-12-16)20(26)25-19-7-4-15(21)9-18(19)22/h2-9,11-12,24H,10H2,1H3,(H,25,26). The molecule has 0 aliphatic heterocycles. The van der Waals surface area contributed by atoms with Crippen LogP contribution in [0.15, 0.2) is 60.9 Å². The fourth-order valence-electron chi connectivity index (χ4n) is 2.39. The highest BCUT2D eigenvalue weighted by molar-refractivity contribution is 6.04. The largest absolute Gasteiger partial charge is 0.497 e. The zero-order chi connectivity index (χ0) is 19.2. The van der Waals surface area contributed by atoms with Crippen LogP contribution >= 0.6 is 0 Å². The number of rotatable bonds is 6. The van der Waals surface area contributed by atoms with Gasteiger partial charge >= 0.3 is 0 Å². The molecule has 1 heterocycles. The Labute approximate surface area is 155 Å². The van der Waals surface area contributed by atoms with E-state index in [1.165, 1.54) is 12.3 Å². The van der Waals surface area contributed by atoms with E-state index in [1.807, 2.05) is 24.3 Å². The van der Waals surface area contributed by atoms with Gasteiger partial charge in [-0.25, -0.2) is 8.78 Å². The number of amides is 1. The van der Waals surface area contributed by atoms with Crippen molar-refractivity contribution in [2.45, 2.75) is 6.54 Å². The second kappa shape index (κ2) is 8.27. The maximum atomic E-state index is 13.7. The smallest absolute Gasteiger partial charge is 0.257 e. The van der Waals surface area contributed by atoms with Gasteiger partial charge in [0, 0.05) is 25.0 Å². The van der Waals surface area contributed by atoms with Crippen LogP contribution in [0, 0.1) is 11.6 Å². The number of nitrogens with zero attached hydrogens (tertiary/aromatic N) is 1. The van der Waals surface area contributed by atoms with E-state index in [0.717, 1.165) is 17.4 Å². The van der Waals surface area contributed by atoms with Crippen LogP contribution in [0.5, 0.6) is 5.75 Å². The Morgan fingerprint density at radius 2 is 1.85 bits per heavy atom. The van der Waals surface area contributed by atoms with Crippen LogP contribution in [0.4, 0.5) is 20.2 Å². The minimum Gasteiger partial charge on any atom is -0.497 e. The molecule has 0 radical (unpaired) electrons. The van der Waals surface area contributed by atoms with Crippen LogP contribution in [-0.2, 0) is 6.54 Å². The van der Waals surface area contributed by atoms with Crippen LogP contribution in [-0.4, -0.2) is 18.0 Å². The molecule has 0 saturated carbocycles. The second-order valence-corrected chi connectivity index (χ2v) is 5.74. The molecule has 0 aliphatic carbocycles. The van der Waals surface area contributed by atoms with Gasteiger partial charge in [-0.3, -0.25) is 9.78 Å². The van der Waals surface area contributed by atoms with Crippen molar-refractivity contribution in [2.75, 3.05) is 17.7 Å². The number of carbonyl (C=O) groups excluding carboxylic acids is 1. The highest BCUT2D eigenvalue weighted by atomic mass is 19.1. The van der Waals surface area contributed by atoms with Crippen LogP contribution in [0.2, 0.25) is 0 Å². The molecule has 2 aromatic carbocycles. The van der Waals surface area contributed by atoms with Gasteiger partial charge in [0.05, 0.1) is 24.0 Å². The second-order valence-electron chi connectivity index (χ2n) is 5.74. The van der Waals surface area contributed by atoms with Crippen LogP contribution in [0.25, 0.3) is 0 Å². The van der Waals surface area contributed by atoms with Crippen molar-refractivity contribution in [3.8, 4) is 5.75 Å². The molecule has 3 rings (SSSR count). The Bertz CT molecular complexity index is 946. The van der Waals surface area contributed by atoms with Crippen molar-refractivity contribution in [3.05, 3.63) is 83.7 Å². The molecule has 7 heteroatoms. The van der Waals surface area contributed by atoms with Gasteiger partial charge in [-0.1, -0.05) is 12.1 Å². The summed E-state index contributed by atoms with van der Waals surface area (Å²) in [5.74, 6) is -1.32. The quantitative estimate of drug-likeness (QED) is 0.682. The maximum absolute atomic E-state index is 13.7. The number of methoxy groups -OCH3 is 1. The van der Waals surface area contributed by atoms with E-state index in [2.05, 4.69) is 15.6 Å². The summed E-state index contributed by atoms with van der Waals surface area (Å²) in [7, 11) is 1.60. The number of pyridine rings is 1. The number of ether oxygens (including phenoxy) is 1. The highest BCUT2D eigenvalue weighted by Crippen LogP contribution is 2.18. The van der Waals surface area contributed by atoms with Gasteiger partial charge in [-0.15, -0.1) is 0 Å². The number of hydrogen-bond donors (Lipinski definition) is 2. The SMILES string of the molecule is COc1ccc(CNc2cncc(C(=O)Nc3ccc(F)cc3F)c2)cc1. The van der Waals surface area contributed by atoms with Gasteiger partial charge in [0.2, 0.25) is 0 Å². The summed E-state index contributed by atoms with van der Waals surface area (Å²) in [5, 5.41) is 5.57. The van der Waals surface area contributed by atoms with Crippen LogP contribution in [0.3, 0.4) is 0 Å². The number of carbonyl (C=O) groups is 1. The van der Waals surface area contributed by atoms with Gasteiger partial charge < -0.3 is 15.4 Å². The molecule has 138 valence electrons. The number of hydrogen-bond acceptors (Lipinski definition) is 4. The summed E-state index contributed by atoms with van der Waals surface area (Å²) < 4.78 is 31.7. The Morgan fingerprint density at radius 1 is 1.07 bits per heavy atom. The van der Waals surface area contributed by atoms with E-state index in [4.69, 9.17) is 4.74 Å². The zero-order valence-electron chi connectivity index (χ0n) is 14.5. The molecular formula is C20H17F2N3O2. The number of benzene rings is 2. The molecule has 0 unspecified atom stereocenters. The number of anilines is 2. The summed E-state index contributed by atoms with van der Waals surface area (Å²) in [6.07, 6.45) is 2.95. The summed E-state index contributed by atoms with van der Waals surface area (Å²) in [5.41, 5.74) is 1.81.